The van der Waals surface area contributed by atoms with Crippen molar-refractivity contribution < 1.29 is 4.79 Å². The number of amides is 1. The second-order valence-electron chi connectivity index (χ2n) is 4.57. The third kappa shape index (κ3) is 3.40. The van der Waals surface area contributed by atoms with Crippen LogP contribution in [0.25, 0.3) is 17.0 Å². The minimum Gasteiger partial charge on any atom is -0.398 e. The highest BCUT2D eigenvalue weighted by Gasteiger charge is 2.16. The lowest BCUT2D eigenvalue weighted by molar-refractivity contribution is -0.113. The predicted octanol–water partition coefficient (Wildman–Crippen LogP) is 2.61. The zero-order valence-electron chi connectivity index (χ0n) is 12.1. The van der Waals surface area contributed by atoms with Crippen LogP contribution in [0, 0.1) is 6.92 Å². The van der Waals surface area contributed by atoms with Crippen molar-refractivity contribution in [3.63, 3.8) is 0 Å². The SMILES string of the molecule is CSc1ncnc(-c2ccc(C)c(Cl)c2)c1/C(N)=C/C(N)=O. The maximum atomic E-state index is 11.1. The van der Waals surface area contributed by atoms with Crippen molar-refractivity contribution in [3.8, 4) is 11.3 Å². The molecule has 0 fully saturated rings. The molecule has 114 valence electrons. The van der Waals surface area contributed by atoms with Crippen LogP contribution in [0.4, 0.5) is 0 Å². The third-order valence-corrected chi connectivity index (χ3v) is 4.14. The lowest BCUT2D eigenvalue weighted by Gasteiger charge is -2.12. The van der Waals surface area contributed by atoms with Crippen molar-refractivity contribution in [2.45, 2.75) is 11.9 Å². The monoisotopic (exact) mass is 334 g/mol. The number of nitrogens with zero attached hydrogens (tertiary/aromatic N) is 2. The van der Waals surface area contributed by atoms with Gasteiger partial charge in [-0.05, 0) is 24.8 Å². The van der Waals surface area contributed by atoms with Crippen molar-refractivity contribution in [1.82, 2.24) is 9.97 Å². The molecule has 1 heterocycles. The molecule has 2 aromatic rings. The van der Waals surface area contributed by atoms with Crippen molar-refractivity contribution in [2.75, 3.05) is 6.26 Å². The number of benzene rings is 1. The van der Waals surface area contributed by atoms with Gasteiger partial charge in [0, 0.05) is 22.4 Å². The van der Waals surface area contributed by atoms with E-state index in [9.17, 15) is 4.79 Å². The molecule has 0 spiro atoms. The molecule has 0 aliphatic carbocycles. The highest BCUT2D eigenvalue weighted by Crippen LogP contribution is 2.32. The van der Waals surface area contributed by atoms with Crippen LogP contribution in [0.5, 0.6) is 0 Å². The van der Waals surface area contributed by atoms with Gasteiger partial charge in [-0.15, -0.1) is 11.8 Å². The lowest BCUT2D eigenvalue weighted by Crippen LogP contribution is -2.12. The first-order valence-electron chi connectivity index (χ1n) is 6.36. The third-order valence-electron chi connectivity index (χ3n) is 3.04. The fourth-order valence-electron chi connectivity index (χ4n) is 1.97. The molecule has 0 bridgehead atoms. The summed E-state index contributed by atoms with van der Waals surface area (Å²) in [6, 6.07) is 5.61. The highest BCUT2D eigenvalue weighted by atomic mass is 35.5. The van der Waals surface area contributed by atoms with Gasteiger partial charge in [-0.1, -0.05) is 23.7 Å². The molecule has 0 atom stereocenters. The Morgan fingerprint density at radius 2 is 2.05 bits per heavy atom. The number of hydrogen-bond acceptors (Lipinski definition) is 5. The quantitative estimate of drug-likeness (QED) is 0.509. The Bertz CT molecular complexity index is 761. The minimum atomic E-state index is -0.624. The number of primary amides is 1. The second-order valence-corrected chi connectivity index (χ2v) is 5.77. The van der Waals surface area contributed by atoms with Gasteiger partial charge >= 0.3 is 0 Å². The van der Waals surface area contributed by atoms with Crippen LogP contribution < -0.4 is 11.5 Å². The molecule has 1 amide bonds. The maximum absolute atomic E-state index is 11.1. The molecule has 0 saturated heterocycles. The molecule has 0 aliphatic rings. The van der Waals surface area contributed by atoms with E-state index in [0.29, 0.717) is 21.3 Å². The minimum absolute atomic E-state index is 0.226. The average molecular weight is 335 g/mol. The molecule has 5 nitrogen and oxygen atoms in total. The fraction of sp³-hybridized carbons (Fsp3) is 0.133. The molecule has 1 aromatic carbocycles. The van der Waals surface area contributed by atoms with E-state index in [4.69, 9.17) is 23.1 Å². The molecule has 0 radical (unpaired) electrons. The molecule has 1 aromatic heterocycles. The number of nitrogens with two attached hydrogens (primary N) is 2. The summed E-state index contributed by atoms with van der Waals surface area (Å²) in [5.41, 5.74) is 14.4. The van der Waals surface area contributed by atoms with Gasteiger partial charge in [0.1, 0.15) is 11.4 Å². The van der Waals surface area contributed by atoms with Crippen LogP contribution in [0.2, 0.25) is 5.02 Å². The number of aromatic nitrogens is 2. The number of thioether (sulfide) groups is 1. The van der Waals surface area contributed by atoms with Crippen LogP contribution in [-0.2, 0) is 4.79 Å². The summed E-state index contributed by atoms with van der Waals surface area (Å²) in [5, 5.41) is 1.29. The molecular formula is C15H15ClN4OS. The van der Waals surface area contributed by atoms with Gasteiger partial charge in [0.2, 0.25) is 5.91 Å². The number of hydrogen-bond donors (Lipinski definition) is 2. The van der Waals surface area contributed by atoms with Gasteiger partial charge in [-0.3, -0.25) is 4.79 Å². The summed E-state index contributed by atoms with van der Waals surface area (Å²) in [6.45, 7) is 1.92. The number of halogens is 1. The smallest absolute Gasteiger partial charge is 0.243 e. The van der Waals surface area contributed by atoms with E-state index >= 15 is 0 Å². The van der Waals surface area contributed by atoms with Crippen molar-refractivity contribution >= 4 is 35.0 Å². The molecule has 0 unspecified atom stereocenters. The van der Waals surface area contributed by atoms with E-state index in [0.717, 1.165) is 17.2 Å². The second kappa shape index (κ2) is 6.81. The summed E-state index contributed by atoms with van der Waals surface area (Å²) < 4.78 is 0. The van der Waals surface area contributed by atoms with Crippen molar-refractivity contribution in [2.24, 2.45) is 11.5 Å². The Kier molecular flexibility index (Phi) is 5.05. The Morgan fingerprint density at radius 1 is 1.32 bits per heavy atom. The first kappa shape index (κ1) is 16.3. The number of aryl methyl sites for hydroxylation is 1. The van der Waals surface area contributed by atoms with E-state index in [1.165, 1.54) is 18.1 Å². The zero-order chi connectivity index (χ0) is 16.3. The van der Waals surface area contributed by atoms with Crippen LogP contribution in [0.3, 0.4) is 0 Å². The highest BCUT2D eigenvalue weighted by molar-refractivity contribution is 7.98. The standard InChI is InChI=1S/C15H15ClN4OS/c1-8-3-4-9(5-10(8)16)14-13(11(17)6-12(18)21)15(22-2)20-7-19-14/h3-7H,17H2,1-2H3,(H2,18,21)/b11-6-. The van der Waals surface area contributed by atoms with Gasteiger partial charge in [0.25, 0.3) is 0 Å². The number of carbonyl (C=O) groups excluding carboxylic acids is 1. The van der Waals surface area contributed by atoms with Gasteiger partial charge < -0.3 is 11.5 Å². The van der Waals surface area contributed by atoms with E-state index in [1.54, 1.807) is 0 Å². The Hall–Kier alpha value is -2.05. The topological polar surface area (TPSA) is 94.9 Å². The Balaban J connectivity index is 2.70. The predicted molar refractivity (Wildman–Crippen MR) is 90.4 cm³/mol. The summed E-state index contributed by atoms with van der Waals surface area (Å²) in [4.78, 5) is 19.6. The summed E-state index contributed by atoms with van der Waals surface area (Å²) in [5.74, 6) is -0.624. The van der Waals surface area contributed by atoms with Gasteiger partial charge in [-0.2, -0.15) is 0 Å². The summed E-state index contributed by atoms with van der Waals surface area (Å²) in [7, 11) is 0. The number of rotatable bonds is 4. The fourth-order valence-corrected chi connectivity index (χ4v) is 2.72. The van der Waals surface area contributed by atoms with E-state index in [-0.39, 0.29) is 5.70 Å². The van der Waals surface area contributed by atoms with Crippen molar-refractivity contribution in [1.29, 1.82) is 0 Å². The molecular weight excluding hydrogens is 320 g/mol. The van der Waals surface area contributed by atoms with Crippen LogP contribution >= 0.6 is 23.4 Å². The van der Waals surface area contributed by atoms with Gasteiger partial charge in [-0.25, -0.2) is 9.97 Å². The van der Waals surface area contributed by atoms with Crippen molar-refractivity contribution in [3.05, 3.63) is 46.8 Å². The Labute approximate surface area is 137 Å². The van der Waals surface area contributed by atoms with E-state index in [2.05, 4.69) is 9.97 Å². The normalized spacial score (nSPS) is 11.5. The molecule has 0 aliphatic heterocycles. The van der Waals surface area contributed by atoms with Crippen LogP contribution in [0.1, 0.15) is 11.1 Å². The number of carbonyl (C=O) groups is 1. The summed E-state index contributed by atoms with van der Waals surface area (Å²) in [6.07, 6.45) is 4.49. The van der Waals surface area contributed by atoms with Crippen LogP contribution in [-0.4, -0.2) is 22.1 Å². The summed E-state index contributed by atoms with van der Waals surface area (Å²) >= 11 is 7.60. The van der Waals surface area contributed by atoms with E-state index < -0.39 is 5.91 Å². The molecule has 22 heavy (non-hydrogen) atoms. The maximum Gasteiger partial charge on any atom is 0.243 e. The first-order chi connectivity index (χ1) is 10.4. The van der Waals surface area contributed by atoms with Gasteiger partial charge in [0.05, 0.1) is 11.3 Å². The average Bonchev–Trinajstić information content (AvgIpc) is 2.48. The molecule has 4 N–H and O–H groups in total. The van der Waals surface area contributed by atoms with Crippen LogP contribution in [0.15, 0.2) is 35.6 Å². The Morgan fingerprint density at radius 3 is 2.64 bits per heavy atom. The van der Waals surface area contributed by atoms with E-state index in [1.807, 2.05) is 31.4 Å². The largest absolute Gasteiger partial charge is 0.398 e. The molecule has 7 heteroatoms. The lowest BCUT2D eigenvalue weighted by atomic mass is 10.0. The molecule has 0 saturated carbocycles. The zero-order valence-corrected chi connectivity index (χ0v) is 13.7. The molecule has 2 rings (SSSR count). The first-order valence-corrected chi connectivity index (χ1v) is 7.96. The van der Waals surface area contributed by atoms with Gasteiger partial charge in [0.15, 0.2) is 0 Å².